The van der Waals surface area contributed by atoms with Gasteiger partial charge in [-0.15, -0.1) is 0 Å². The van der Waals surface area contributed by atoms with Gasteiger partial charge in [0.1, 0.15) is 30.5 Å². The van der Waals surface area contributed by atoms with Crippen molar-refractivity contribution in [3.05, 3.63) is 72.9 Å². The van der Waals surface area contributed by atoms with Crippen LogP contribution in [0.4, 0.5) is 0 Å². The SMILES string of the molecule is CC/C=C\C/C=C\C/C=C\C/C=C\C/C=C\C/C=C\CCCCC(=O)OC(COCCCCCCCCCC)COC1OC(CO)C(O)C(O)C1O. The molecule has 0 radical (unpaired) electrons. The van der Waals surface area contributed by atoms with Crippen LogP contribution in [0.25, 0.3) is 0 Å². The molecule has 0 aromatic carbocycles. The lowest BCUT2D eigenvalue weighted by Gasteiger charge is -2.39. The van der Waals surface area contributed by atoms with E-state index < -0.39 is 43.4 Å². The Hall–Kier alpha value is -2.37. The highest BCUT2D eigenvalue weighted by molar-refractivity contribution is 5.69. The molecule has 1 heterocycles. The fourth-order valence-corrected chi connectivity index (χ4v) is 5.49. The quantitative estimate of drug-likeness (QED) is 0.0307. The van der Waals surface area contributed by atoms with Gasteiger partial charge in [-0.2, -0.15) is 0 Å². The molecule has 6 unspecified atom stereocenters. The first kappa shape index (κ1) is 47.7. The third-order valence-corrected chi connectivity index (χ3v) is 8.64. The van der Waals surface area contributed by atoms with Crippen LogP contribution in [0.5, 0.6) is 0 Å². The Balaban J connectivity index is 2.32. The van der Waals surface area contributed by atoms with Crippen LogP contribution >= 0.6 is 0 Å². The first-order valence-electron chi connectivity index (χ1n) is 20.0. The van der Waals surface area contributed by atoms with Crippen LogP contribution in [0.3, 0.4) is 0 Å². The zero-order valence-corrected chi connectivity index (χ0v) is 32.3. The Kier molecular flexibility index (Phi) is 31.5. The van der Waals surface area contributed by atoms with Gasteiger partial charge in [-0.05, 0) is 64.2 Å². The molecule has 0 spiro atoms. The van der Waals surface area contributed by atoms with Crippen molar-refractivity contribution in [3.63, 3.8) is 0 Å². The van der Waals surface area contributed by atoms with Gasteiger partial charge in [0.15, 0.2) is 6.29 Å². The van der Waals surface area contributed by atoms with Gasteiger partial charge < -0.3 is 39.4 Å². The normalized spacial score (nSPS) is 22.0. The number of carbonyl (C=O) groups is 1. The summed E-state index contributed by atoms with van der Waals surface area (Å²) < 4.78 is 22.6. The second-order valence-corrected chi connectivity index (χ2v) is 13.4. The second-order valence-electron chi connectivity index (χ2n) is 13.4. The van der Waals surface area contributed by atoms with E-state index in [1.807, 2.05) is 0 Å². The molecule has 0 aromatic rings. The summed E-state index contributed by atoms with van der Waals surface area (Å²) in [7, 11) is 0. The van der Waals surface area contributed by atoms with E-state index >= 15 is 0 Å². The van der Waals surface area contributed by atoms with Crippen LogP contribution in [0.1, 0.15) is 129 Å². The summed E-state index contributed by atoms with van der Waals surface area (Å²) in [4.78, 5) is 12.7. The summed E-state index contributed by atoms with van der Waals surface area (Å²) in [5, 5.41) is 39.9. The lowest BCUT2D eigenvalue weighted by atomic mass is 9.99. The number of allylic oxidation sites excluding steroid dienone is 12. The number of aliphatic hydroxyl groups is 4. The zero-order chi connectivity index (χ0) is 37.9. The van der Waals surface area contributed by atoms with Gasteiger partial charge in [0.05, 0.1) is 19.8 Å². The van der Waals surface area contributed by atoms with Gasteiger partial charge in [0.25, 0.3) is 0 Å². The van der Waals surface area contributed by atoms with E-state index in [4.69, 9.17) is 18.9 Å². The molecule has 6 atom stereocenters. The van der Waals surface area contributed by atoms with Crippen molar-refractivity contribution in [2.45, 2.75) is 166 Å². The van der Waals surface area contributed by atoms with Gasteiger partial charge in [0.2, 0.25) is 0 Å². The van der Waals surface area contributed by atoms with E-state index in [1.165, 1.54) is 38.5 Å². The standard InChI is InChI=1S/C43H72O9/c1-3-5-7-9-11-13-14-15-16-17-18-19-20-21-22-23-24-25-26-28-30-32-39(45)51-37(35-49-33-31-29-27-12-10-8-6-4-2)36-50-43-42(48)41(47)40(46)38(34-44)52-43/h5,7,11,13,15-16,18-19,21-22,24-25,37-38,40-44,46-48H,3-4,6,8-10,12,14,17,20,23,26-36H2,1-2H3/b7-5-,13-11-,16-15-,19-18-,22-21-,25-24-. The van der Waals surface area contributed by atoms with Crippen molar-refractivity contribution in [3.8, 4) is 0 Å². The minimum absolute atomic E-state index is 0.123. The number of esters is 1. The average Bonchev–Trinajstić information content (AvgIpc) is 3.14. The number of hydrogen-bond acceptors (Lipinski definition) is 9. The van der Waals surface area contributed by atoms with Crippen molar-refractivity contribution in [1.82, 2.24) is 0 Å². The van der Waals surface area contributed by atoms with E-state index in [9.17, 15) is 25.2 Å². The molecule has 0 aromatic heterocycles. The summed E-state index contributed by atoms with van der Waals surface area (Å²) in [6, 6.07) is 0. The van der Waals surface area contributed by atoms with Crippen molar-refractivity contribution in [2.75, 3.05) is 26.4 Å². The Morgan fingerprint density at radius 2 is 1.17 bits per heavy atom. The molecule has 298 valence electrons. The fraction of sp³-hybridized carbons (Fsp3) is 0.698. The minimum atomic E-state index is -1.55. The highest BCUT2D eigenvalue weighted by atomic mass is 16.7. The molecular weight excluding hydrogens is 660 g/mol. The lowest BCUT2D eigenvalue weighted by molar-refractivity contribution is -0.305. The van der Waals surface area contributed by atoms with Crippen LogP contribution in [-0.4, -0.2) is 89.6 Å². The van der Waals surface area contributed by atoms with Gasteiger partial charge in [-0.1, -0.05) is 132 Å². The van der Waals surface area contributed by atoms with Gasteiger partial charge in [-0.25, -0.2) is 0 Å². The fourth-order valence-electron chi connectivity index (χ4n) is 5.49. The molecule has 9 nitrogen and oxygen atoms in total. The molecule has 1 aliphatic heterocycles. The number of aliphatic hydroxyl groups excluding tert-OH is 4. The van der Waals surface area contributed by atoms with E-state index in [-0.39, 0.29) is 25.6 Å². The lowest BCUT2D eigenvalue weighted by Crippen LogP contribution is -2.59. The molecule has 9 heteroatoms. The highest BCUT2D eigenvalue weighted by Crippen LogP contribution is 2.22. The molecule has 1 saturated heterocycles. The average molecular weight is 733 g/mol. The predicted octanol–water partition coefficient (Wildman–Crippen LogP) is 8.13. The van der Waals surface area contributed by atoms with Crippen molar-refractivity contribution in [2.24, 2.45) is 0 Å². The van der Waals surface area contributed by atoms with Crippen LogP contribution in [-0.2, 0) is 23.7 Å². The molecule has 4 N–H and O–H groups in total. The van der Waals surface area contributed by atoms with Crippen LogP contribution in [0.15, 0.2) is 72.9 Å². The smallest absolute Gasteiger partial charge is 0.306 e. The summed E-state index contributed by atoms with van der Waals surface area (Å²) in [6.45, 7) is 4.33. The number of rotatable bonds is 32. The number of hydrogen-bond donors (Lipinski definition) is 4. The first-order chi connectivity index (χ1) is 25.4. The maximum absolute atomic E-state index is 12.7. The van der Waals surface area contributed by atoms with Gasteiger partial charge >= 0.3 is 5.97 Å². The Morgan fingerprint density at radius 3 is 1.73 bits per heavy atom. The third kappa shape index (κ3) is 25.6. The van der Waals surface area contributed by atoms with E-state index in [2.05, 4.69) is 86.8 Å². The Labute approximate surface area is 315 Å². The van der Waals surface area contributed by atoms with Crippen LogP contribution < -0.4 is 0 Å². The van der Waals surface area contributed by atoms with E-state index in [0.717, 1.165) is 64.2 Å². The number of carbonyl (C=O) groups excluding carboxylic acids is 1. The molecule has 0 saturated carbocycles. The summed E-state index contributed by atoms with van der Waals surface area (Å²) >= 11 is 0. The second kappa shape index (κ2) is 34.4. The largest absolute Gasteiger partial charge is 0.457 e. The Morgan fingerprint density at radius 1 is 0.635 bits per heavy atom. The molecule has 0 amide bonds. The molecular formula is C43H72O9. The van der Waals surface area contributed by atoms with Crippen molar-refractivity contribution < 1.29 is 44.2 Å². The molecule has 0 aliphatic carbocycles. The first-order valence-corrected chi connectivity index (χ1v) is 20.0. The van der Waals surface area contributed by atoms with Crippen molar-refractivity contribution >= 4 is 5.97 Å². The molecule has 0 bridgehead atoms. The summed E-state index contributed by atoms with van der Waals surface area (Å²) in [6.07, 6.45) is 36.5. The van der Waals surface area contributed by atoms with Gasteiger partial charge in [-0.3, -0.25) is 4.79 Å². The monoisotopic (exact) mass is 733 g/mol. The molecule has 52 heavy (non-hydrogen) atoms. The topological polar surface area (TPSA) is 135 Å². The van der Waals surface area contributed by atoms with Crippen molar-refractivity contribution in [1.29, 1.82) is 0 Å². The number of ether oxygens (including phenoxy) is 4. The third-order valence-electron chi connectivity index (χ3n) is 8.64. The predicted molar refractivity (Wildman–Crippen MR) is 210 cm³/mol. The van der Waals surface area contributed by atoms with Crippen LogP contribution in [0.2, 0.25) is 0 Å². The maximum Gasteiger partial charge on any atom is 0.306 e. The molecule has 1 aliphatic rings. The molecule has 1 fully saturated rings. The molecule has 1 rings (SSSR count). The maximum atomic E-state index is 12.7. The zero-order valence-electron chi connectivity index (χ0n) is 32.3. The Bertz CT molecular complexity index is 1020. The minimum Gasteiger partial charge on any atom is -0.457 e. The van der Waals surface area contributed by atoms with Gasteiger partial charge in [0, 0.05) is 13.0 Å². The summed E-state index contributed by atoms with van der Waals surface area (Å²) in [5.74, 6) is -0.360. The van der Waals surface area contributed by atoms with Crippen LogP contribution in [0, 0.1) is 0 Å². The summed E-state index contributed by atoms with van der Waals surface area (Å²) in [5.41, 5.74) is 0. The number of unbranched alkanes of at least 4 members (excludes halogenated alkanes) is 9. The van der Waals surface area contributed by atoms with E-state index in [0.29, 0.717) is 13.0 Å². The highest BCUT2D eigenvalue weighted by Gasteiger charge is 2.44. The van der Waals surface area contributed by atoms with E-state index in [1.54, 1.807) is 0 Å².